The standard InChI is InChI=1S/C15H23ClN2OS/c1-5-10-18(11-12-6-7-13(16)20-12)14(19)8-9-17-15(2,3)4/h5-7,17H,1,8-11H2,2-4H3. The molecular formula is C15H23ClN2OS. The Bertz CT molecular complexity index is 451. The molecule has 1 rings (SSSR count). The van der Waals surface area contributed by atoms with Gasteiger partial charge in [0.1, 0.15) is 0 Å². The molecule has 0 saturated carbocycles. The van der Waals surface area contributed by atoms with Gasteiger partial charge in [-0.05, 0) is 32.9 Å². The molecule has 0 atom stereocenters. The normalized spacial score (nSPS) is 11.4. The lowest BCUT2D eigenvalue weighted by Crippen LogP contribution is -2.39. The Hall–Kier alpha value is -0.840. The molecule has 3 nitrogen and oxygen atoms in total. The minimum atomic E-state index is 0.0326. The number of carbonyl (C=O) groups excluding carboxylic acids is 1. The second-order valence-corrected chi connectivity index (χ2v) is 7.50. The lowest BCUT2D eigenvalue weighted by molar-refractivity contribution is -0.131. The second kappa shape index (κ2) is 7.81. The van der Waals surface area contributed by atoms with Gasteiger partial charge in [0.05, 0.1) is 10.9 Å². The number of nitrogens with one attached hydrogen (secondary N) is 1. The number of carbonyl (C=O) groups is 1. The van der Waals surface area contributed by atoms with Gasteiger partial charge in [-0.25, -0.2) is 0 Å². The van der Waals surface area contributed by atoms with Gasteiger partial charge in [-0.15, -0.1) is 17.9 Å². The van der Waals surface area contributed by atoms with E-state index >= 15 is 0 Å². The quantitative estimate of drug-likeness (QED) is 0.778. The molecule has 112 valence electrons. The summed E-state index contributed by atoms with van der Waals surface area (Å²) in [6.45, 7) is 11.8. The van der Waals surface area contributed by atoms with Crippen LogP contribution in [0.25, 0.3) is 0 Å². The van der Waals surface area contributed by atoms with E-state index in [-0.39, 0.29) is 11.4 Å². The maximum Gasteiger partial charge on any atom is 0.224 e. The van der Waals surface area contributed by atoms with Gasteiger partial charge >= 0.3 is 0 Å². The summed E-state index contributed by atoms with van der Waals surface area (Å²) in [6.07, 6.45) is 2.24. The van der Waals surface area contributed by atoms with Gasteiger partial charge in [0.15, 0.2) is 0 Å². The summed E-state index contributed by atoms with van der Waals surface area (Å²) in [5.41, 5.74) is 0.0326. The van der Waals surface area contributed by atoms with Crippen molar-refractivity contribution in [2.75, 3.05) is 13.1 Å². The van der Waals surface area contributed by atoms with Crippen LogP contribution in [0.2, 0.25) is 4.34 Å². The van der Waals surface area contributed by atoms with E-state index in [4.69, 9.17) is 11.6 Å². The molecule has 0 aliphatic carbocycles. The minimum Gasteiger partial charge on any atom is -0.334 e. The number of hydrogen-bond donors (Lipinski definition) is 1. The van der Waals surface area contributed by atoms with E-state index in [1.165, 1.54) is 11.3 Å². The molecule has 0 aliphatic rings. The minimum absolute atomic E-state index is 0.0326. The molecule has 0 spiro atoms. The third kappa shape index (κ3) is 6.55. The van der Waals surface area contributed by atoms with Gasteiger partial charge in [0.2, 0.25) is 5.91 Å². The number of nitrogens with zero attached hydrogens (tertiary/aromatic N) is 1. The Labute approximate surface area is 130 Å². The zero-order valence-electron chi connectivity index (χ0n) is 12.4. The van der Waals surface area contributed by atoms with E-state index in [1.54, 1.807) is 11.0 Å². The number of hydrogen-bond acceptors (Lipinski definition) is 3. The van der Waals surface area contributed by atoms with E-state index in [9.17, 15) is 4.79 Å². The summed E-state index contributed by atoms with van der Waals surface area (Å²) >= 11 is 7.43. The van der Waals surface area contributed by atoms with Crippen LogP contribution in [0.5, 0.6) is 0 Å². The van der Waals surface area contributed by atoms with Crippen molar-refractivity contribution in [2.24, 2.45) is 0 Å². The third-order valence-corrected chi connectivity index (χ3v) is 3.89. The van der Waals surface area contributed by atoms with Gasteiger partial charge in [-0.3, -0.25) is 4.79 Å². The molecule has 1 N–H and O–H groups in total. The predicted octanol–water partition coefficient (Wildman–Crippen LogP) is 3.69. The van der Waals surface area contributed by atoms with Crippen molar-refractivity contribution < 1.29 is 4.79 Å². The summed E-state index contributed by atoms with van der Waals surface area (Å²) in [7, 11) is 0. The van der Waals surface area contributed by atoms with Crippen molar-refractivity contribution in [3.8, 4) is 0 Å². The van der Waals surface area contributed by atoms with E-state index < -0.39 is 0 Å². The van der Waals surface area contributed by atoms with Crippen molar-refractivity contribution in [3.05, 3.63) is 34.0 Å². The molecule has 1 heterocycles. The van der Waals surface area contributed by atoms with Crippen molar-refractivity contribution in [1.29, 1.82) is 0 Å². The molecule has 0 aromatic carbocycles. The van der Waals surface area contributed by atoms with E-state index in [2.05, 4.69) is 32.7 Å². The molecule has 1 amide bonds. The Morgan fingerprint density at radius 3 is 2.70 bits per heavy atom. The van der Waals surface area contributed by atoms with Crippen molar-refractivity contribution in [1.82, 2.24) is 10.2 Å². The first kappa shape index (κ1) is 17.2. The first-order valence-corrected chi connectivity index (χ1v) is 7.89. The highest BCUT2D eigenvalue weighted by Crippen LogP contribution is 2.22. The number of thiophene rings is 1. The number of rotatable bonds is 7. The fourth-order valence-electron chi connectivity index (χ4n) is 1.74. The lowest BCUT2D eigenvalue weighted by Gasteiger charge is -2.23. The third-order valence-electron chi connectivity index (χ3n) is 2.67. The van der Waals surface area contributed by atoms with Crippen LogP contribution in [0.4, 0.5) is 0 Å². The monoisotopic (exact) mass is 314 g/mol. The van der Waals surface area contributed by atoms with Gasteiger partial charge in [-0.1, -0.05) is 17.7 Å². The molecule has 1 aromatic rings. The van der Waals surface area contributed by atoms with E-state index in [1.807, 2.05) is 12.1 Å². The van der Waals surface area contributed by atoms with Crippen LogP contribution in [0.3, 0.4) is 0 Å². The first-order chi connectivity index (χ1) is 9.31. The molecule has 0 unspecified atom stereocenters. The lowest BCUT2D eigenvalue weighted by atomic mass is 10.1. The van der Waals surface area contributed by atoms with Crippen molar-refractivity contribution >= 4 is 28.8 Å². The zero-order chi connectivity index (χ0) is 15.2. The molecule has 20 heavy (non-hydrogen) atoms. The smallest absolute Gasteiger partial charge is 0.224 e. The topological polar surface area (TPSA) is 32.3 Å². The molecule has 5 heteroatoms. The molecule has 1 aromatic heterocycles. The SMILES string of the molecule is C=CCN(Cc1ccc(Cl)s1)C(=O)CCNC(C)(C)C. The van der Waals surface area contributed by atoms with Gasteiger partial charge in [0.25, 0.3) is 0 Å². The molecule has 0 bridgehead atoms. The Kier molecular flexibility index (Phi) is 6.72. The van der Waals surface area contributed by atoms with Crippen LogP contribution in [-0.4, -0.2) is 29.4 Å². The van der Waals surface area contributed by atoms with Crippen molar-refractivity contribution in [3.63, 3.8) is 0 Å². The van der Waals surface area contributed by atoms with Crippen LogP contribution >= 0.6 is 22.9 Å². The Morgan fingerprint density at radius 2 is 2.20 bits per heavy atom. The summed E-state index contributed by atoms with van der Waals surface area (Å²) in [5, 5.41) is 3.33. The van der Waals surface area contributed by atoms with Gasteiger partial charge < -0.3 is 10.2 Å². The number of halogens is 1. The van der Waals surface area contributed by atoms with Crippen LogP contribution < -0.4 is 5.32 Å². The van der Waals surface area contributed by atoms with E-state index in [0.717, 1.165) is 9.21 Å². The summed E-state index contributed by atoms with van der Waals surface area (Å²) < 4.78 is 0.750. The van der Waals surface area contributed by atoms with Crippen LogP contribution in [-0.2, 0) is 11.3 Å². The summed E-state index contributed by atoms with van der Waals surface area (Å²) in [5.74, 6) is 0.131. The summed E-state index contributed by atoms with van der Waals surface area (Å²) in [6, 6.07) is 3.82. The molecule has 0 saturated heterocycles. The Morgan fingerprint density at radius 1 is 1.50 bits per heavy atom. The fraction of sp³-hybridized carbons (Fsp3) is 0.533. The maximum atomic E-state index is 12.2. The highest BCUT2D eigenvalue weighted by molar-refractivity contribution is 7.16. The predicted molar refractivity (Wildman–Crippen MR) is 87.3 cm³/mol. The van der Waals surface area contributed by atoms with Crippen LogP contribution in [0, 0.1) is 0 Å². The molecule has 0 fully saturated rings. The fourth-order valence-corrected chi connectivity index (χ4v) is 2.84. The number of amides is 1. The summed E-state index contributed by atoms with van der Waals surface area (Å²) in [4.78, 5) is 15.1. The van der Waals surface area contributed by atoms with Gasteiger partial charge in [0, 0.05) is 29.9 Å². The molecular weight excluding hydrogens is 292 g/mol. The van der Waals surface area contributed by atoms with Crippen LogP contribution in [0.1, 0.15) is 32.1 Å². The zero-order valence-corrected chi connectivity index (χ0v) is 14.0. The van der Waals surface area contributed by atoms with Crippen molar-refractivity contribution in [2.45, 2.75) is 39.3 Å². The highest BCUT2D eigenvalue weighted by atomic mass is 35.5. The average Bonchev–Trinajstić information content (AvgIpc) is 2.72. The first-order valence-electron chi connectivity index (χ1n) is 6.70. The second-order valence-electron chi connectivity index (χ2n) is 5.70. The van der Waals surface area contributed by atoms with Gasteiger partial charge in [-0.2, -0.15) is 0 Å². The largest absolute Gasteiger partial charge is 0.334 e. The van der Waals surface area contributed by atoms with E-state index in [0.29, 0.717) is 26.1 Å². The Balaban J connectivity index is 2.52. The maximum absolute atomic E-state index is 12.2. The molecule has 0 aliphatic heterocycles. The molecule has 0 radical (unpaired) electrons. The average molecular weight is 315 g/mol. The van der Waals surface area contributed by atoms with Crippen LogP contribution in [0.15, 0.2) is 24.8 Å². The highest BCUT2D eigenvalue weighted by Gasteiger charge is 2.15.